The second-order valence-electron chi connectivity index (χ2n) is 2.66. The lowest BCUT2D eigenvalue weighted by atomic mass is 10.2. The Hall–Kier alpha value is -1.02. The summed E-state index contributed by atoms with van der Waals surface area (Å²) in [4.78, 5) is 0. The van der Waals surface area contributed by atoms with E-state index in [1.807, 2.05) is 18.2 Å². The molecule has 0 saturated heterocycles. The van der Waals surface area contributed by atoms with E-state index in [0.717, 1.165) is 18.8 Å². The smallest absolute Gasteiger partial charge is 0.0635 e. The minimum Gasteiger partial charge on any atom is -0.383 e. The molecule has 0 aliphatic carbocycles. The molecule has 0 unspecified atom stereocenters. The lowest BCUT2D eigenvalue weighted by Gasteiger charge is -2.07. The van der Waals surface area contributed by atoms with E-state index in [0.29, 0.717) is 0 Å². The molecule has 0 aromatic heterocycles. The summed E-state index contributed by atoms with van der Waals surface area (Å²) in [6.45, 7) is 3.64. The Morgan fingerprint density at radius 2 is 2.42 bits per heavy atom. The molecule has 1 aromatic carbocycles. The molecule has 2 heteroatoms. The molecule has 0 aliphatic heterocycles. The predicted octanol–water partition coefficient (Wildman–Crippen LogP) is 1.85. The number of benzene rings is 1. The number of ether oxygens (including phenoxy) is 1. The van der Waals surface area contributed by atoms with Gasteiger partial charge in [-0.3, -0.25) is 0 Å². The molecule has 1 radical (unpaired) electrons. The van der Waals surface area contributed by atoms with Crippen LogP contribution in [0.2, 0.25) is 0 Å². The quantitative estimate of drug-likeness (QED) is 0.686. The number of nitrogens with one attached hydrogen (secondary N) is 1. The highest BCUT2D eigenvalue weighted by atomic mass is 16.5. The number of methoxy groups -OCH3 is 1. The second-order valence-corrected chi connectivity index (χ2v) is 2.66. The van der Waals surface area contributed by atoms with Crippen LogP contribution in [-0.4, -0.2) is 20.3 Å². The Morgan fingerprint density at radius 3 is 3.08 bits per heavy atom. The monoisotopic (exact) mass is 164 g/mol. The number of hydrogen-bond acceptors (Lipinski definition) is 2. The topological polar surface area (TPSA) is 21.3 Å². The summed E-state index contributed by atoms with van der Waals surface area (Å²) in [6, 6.07) is 8.91. The van der Waals surface area contributed by atoms with Crippen molar-refractivity contribution in [2.45, 2.75) is 6.92 Å². The van der Waals surface area contributed by atoms with Crippen LogP contribution < -0.4 is 5.32 Å². The van der Waals surface area contributed by atoms with Gasteiger partial charge in [-0.1, -0.05) is 6.07 Å². The largest absolute Gasteiger partial charge is 0.383 e. The molecule has 65 valence electrons. The molecule has 0 saturated carbocycles. The third kappa shape index (κ3) is 2.55. The number of anilines is 1. The lowest BCUT2D eigenvalue weighted by Crippen LogP contribution is -2.08. The van der Waals surface area contributed by atoms with Gasteiger partial charge in [0.1, 0.15) is 0 Å². The van der Waals surface area contributed by atoms with Crippen LogP contribution in [0.15, 0.2) is 18.2 Å². The van der Waals surface area contributed by atoms with Crippen LogP contribution in [0.25, 0.3) is 0 Å². The summed E-state index contributed by atoms with van der Waals surface area (Å²) in [5.41, 5.74) is 2.37. The number of aryl methyl sites for hydroxylation is 1. The molecule has 1 N–H and O–H groups in total. The van der Waals surface area contributed by atoms with E-state index in [9.17, 15) is 0 Å². The second kappa shape index (κ2) is 4.78. The molecule has 0 bridgehead atoms. The van der Waals surface area contributed by atoms with Crippen LogP contribution in [-0.2, 0) is 4.74 Å². The molecule has 12 heavy (non-hydrogen) atoms. The first-order valence-electron chi connectivity index (χ1n) is 4.04. The molecular formula is C10H14NO. The Bertz CT molecular complexity index is 235. The molecule has 0 atom stereocenters. The van der Waals surface area contributed by atoms with E-state index in [2.05, 4.69) is 18.3 Å². The van der Waals surface area contributed by atoms with E-state index >= 15 is 0 Å². The van der Waals surface area contributed by atoms with Crippen LogP contribution in [0.1, 0.15) is 5.56 Å². The molecule has 1 aromatic rings. The molecule has 0 heterocycles. The van der Waals surface area contributed by atoms with Gasteiger partial charge >= 0.3 is 0 Å². The van der Waals surface area contributed by atoms with E-state index in [1.165, 1.54) is 5.56 Å². The van der Waals surface area contributed by atoms with Gasteiger partial charge in [0.2, 0.25) is 0 Å². The first kappa shape index (κ1) is 9.07. The van der Waals surface area contributed by atoms with Gasteiger partial charge < -0.3 is 10.1 Å². The van der Waals surface area contributed by atoms with E-state index in [-0.39, 0.29) is 0 Å². The minimum absolute atomic E-state index is 0.734. The zero-order valence-electron chi connectivity index (χ0n) is 7.55. The molecule has 0 fully saturated rings. The van der Waals surface area contributed by atoms with Crippen LogP contribution >= 0.6 is 0 Å². The fourth-order valence-corrected chi connectivity index (χ4v) is 1.000. The van der Waals surface area contributed by atoms with E-state index in [4.69, 9.17) is 4.74 Å². The van der Waals surface area contributed by atoms with Crippen LogP contribution in [0.3, 0.4) is 0 Å². The molecule has 0 amide bonds. The van der Waals surface area contributed by atoms with Gasteiger partial charge in [0.15, 0.2) is 0 Å². The summed E-state index contributed by atoms with van der Waals surface area (Å²) in [6.07, 6.45) is 0. The van der Waals surface area contributed by atoms with Crippen molar-refractivity contribution < 1.29 is 4.74 Å². The summed E-state index contributed by atoms with van der Waals surface area (Å²) in [7, 11) is 1.70. The fraction of sp³-hybridized carbons (Fsp3) is 0.400. The Kier molecular flexibility index (Phi) is 3.61. The number of hydrogen-bond donors (Lipinski definition) is 1. The van der Waals surface area contributed by atoms with E-state index < -0.39 is 0 Å². The van der Waals surface area contributed by atoms with Gasteiger partial charge in [0.25, 0.3) is 0 Å². The maximum atomic E-state index is 4.93. The SMILES string of the molecule is COCCNc1cc[c]cc1C. The first-order chi connectivity index (χ1) is 5.84. The highest BCUT2D eigenvalue weighted by Crippen LogP contribution is 2.11. The van der Waals surface area contributed by atoms with Crippen molar-refractivity contribution in [3.8, 4) is 0 Å². The Labute approximate surface area is 73.6 Å². The Balaban J connectivity index is 2.46. The van der Waals surface area contributed by atoms with Crippen molar-refractivity contribution in [1.82, 2.24) is 0 Å². The van der Waals surface area contributed by atoms with Gasteiger partial charge in [-0.05, 0) is 30.7 Å². The van der Waals surface area contributed by atoms with E-state index in [1.54, 1.807) is 7.11 Å². The third-order valence-corrected chi connectivity index (χ3v) is 1.69. The molecule has 2 nitrogen and oxygen atoms in total. The minimum atomic E-state index is 0.734. The third-order valence-electron chi connectivity index (χ3n) is 1.69. The summed E-state index contributed by atoms with van der Waals surface area (Å²) in [5.74, 6) is 0. The van der Waals surface area contributed by atoms with Crippen molar-refractivity contribution in [2.75, 3.05) is 25.6 Å². The van der Waals surface area contributed by atoms with Crippen LogP contribution in [0.5, 0.6) is 0 Å². The average Bonchev–Trinajstić information content (AvgIpc) is 2.09. The molecule has 0 aliphatic rings. The van der Waals surface area contributed by atoms with Crippen molar-refractivity contribution in [3.63, 3.8) is 0 Å². The van der Waals surface area contributed by atoms with Crippen LogP contribution in [0, 0.1) is 13.0 Å². The summed E-state index contributed by atoms with van der Waals surface area (Å²) in [5, 5.41) is 3.27. The fourth-order valence-electron chi connectivity index (χ4n) is 1.000. The van der Waals surface area contributed by atoms with Crippen molar-refractivity contribution >= 4 is 5.69 Å². The normalized spacial score (nSPS) is 9.83. The molecule has 0 spiro atoms. The van der Waals surface area contributed by atoms with Crippen molar-refractivity contribution in [2.24, 2.45) is 0 Å². The van der Waals surface area contributed by atoms with Gasteiger partial charge in [-0.2, -0.15) is 0 Å². The molecule has 1 rings (SSSR count). The highest BCUT2D eigenvalue weighted by molar-refractivity contribution is 5.49. The number of rotatable bonds is 4. The average molecular weight is 164 g/mol. The van der Waals surface area contributed by atoms with Crippen LogP contribution in [0.4, 0.5) is 5.69 Å². The zero-order valence-corrected chi connectivity index (χ0v) is 7.55. The maximum absolute atomic E-state index is 4.93. The maximum Gasteiger partial charge on any atom is 0.0635 e. The standard InChI is InChI=1S/C10H14NO/c1-9-5-3-4-6-10(9)11-7-8-12-2/h4-6,11H,7-8H2,1-2H3. The first-order valence-corrected chi connectivity index (χ1v) is 4.04. The van der Waals surface area contributed by atoms with Gasteiger partial charge in [-0.15, -0.1) is 0 Å². The van der Waals surface area contributed by atoms with Gasteiger partial charge in [0.05, 0.1) is 6.61 Å². The summed E-state index contributed by atoms with van der Waals surface area (Å²) < 4.78 is 4.93. The van der Waals surface area contributed by atoms with Gasteiger partial charge in [0, 0.05) is 19.3 Å². The predicted molar refractivity (Wildman–Crippen MR) is 50.4 cm³/mol. The lowest BCUT2D eigenvalue weighted by molar-refractivity contribution is 0.211. The Morgan fingerprint density at radius 1 is 1.58 bits per heavy atom. The van der Waals surface area contributed by atoms with Gasteiger partial charge in [-0.25, -0.2) is 0 Å². The van der Waals surface area contributed by atoms with Crippen molar-refractivity contribution in [3.05, 3.63) is 29.8 Å². The van der Waals surface area contributed by atoms with Crippen molar-refractivity contribution in [1.29, 1.82) is 0 Å². The molecular weight excluding hydrogens is 150 g/mol. The highest BCUT2D eigenvalue weighted by Gasteiger charge is 1.93. The zero-order chi connectivity index (χ0) is 8.81. The summed E-state index contributed by atoms with van der Waals surface area (Å²) >= 11 is 0.